The molecule has 6 heteroatoms. The molecule has 1 aliphatic heterocycles. The largest absolute Gasteiger partial charge is 0.493 e. The number of ether oxygens (including phenoxy) is 2. The summed E-state index contributed by atoms with van der Waals surface area (Å²) in [6, 6.07) is 12.6. The average Bonchev–Trinajstić information content (AvgIpc) is 2.65. The van der Waals surface area contributed by atoms with E-state index in [2.05, 4.69) is 35.4 Å². The predicted octanol–water partition coefficient (Wildman–Crippen LogP) is 3.57. The number of likely N-dealkylation sites (tertiary alicyclic amines) is 1. The first-order valence-electron chi connectivity index (χ1n) is 8.62. The van der Waals surface area contributed by atoms with Gasteiger partial charge in [0.15, 0.2) is 11.5 Å². The van der Waals surface area contributed by atoms with Crippen LogP contribution in [0.1, 0.15) is 12.0 Å². The minimum absolute atomic E-state index is 0.330. The molecule has 0 saturated carbocycles. The molecule has 140 valence electrons. The number of methoxy groups -OCH3 is 1. The van der Waals surface area contributed by atoms with Crippen molar-refractivity contribution in [3.8, 4) is 11.5 Å². The Kier molecular flexibility index (Phi) is 6.40. The highest BCUT2D eigenvalue weighted by molar-refractivity contribution is 7.98. The zero-order valence-electron chi connectivity index (χ0n) is 15.0. The minimum Gasteiger partial charge on any atom is -0.493 e. The summed E-state index contributed by atoms with van der Waals surface area (Å²) >= 11 is 1.73. The van der Waals surface area contributed by atoms with E-state index in [4.69, 9.17) is 9.47 Å². The maximum Gasteiger partial charge on any atom is 0.163 e. The number of β-amino-alcohol motifs (C(OH)–C–C–N with tert-alkyl or cyclic N) is 1. The van der Waals surface area contributed by atoms with E-state index >= 15 is 0 Å². The molecule has 2 aromatic rings. The van der Waals surface area contributed by atoms with Gasteiger partial charge in [-0.1, -0.05) is 12.1 Å². The lowest BCUT2D eigenvalue weighted by molar-refractivity contribution is -0.0283. The predicted molar refractivity (Wildman–Crippen MR) is 101 cm³/mol. The van der Waals surface area contributed by atoms with Crippen molar-refractivity contribution >= 4 is 11.8 Å². The topological polar surface area (TPSA) is 41.9 Å². The van der Waals surface area contributed by atoms with E-state index < -0.39 is 6.10 Å². The van der Waals surface area contributed by atoms with Crippen molar-refractivity contribution in [2.45, 2.75) is 30.1 Å². The Balaban J connectivity index is 1.60. The van der Waals surface area contributed by atoms with Crippen LogP contribution in [-0.4, -0.2) is 48.7 Å². The zero-order chi connectivity index (χ0) is 18.5. The SMILES string of the molecule is COc1cc(F)ccc1O[C@@H]1CCN(Cc2cccc(SC)c2)C[C@H]1O. The van der Waals surface area contributed by atoms with Crippen molar-refractivity contribution < 1.29 is 19.0 Å². The standard InChI is InChI=1S/C20H24FNO3S/c1-24-20-11-15(21)6-7-19(20)25-18-8-9-22(13-17(18)23)12-14-4-3-5-16(10-14)26-2/h3-7,10-11,17-18,23H,8-9,12-13H2,1-2H3/t17-,18-/m1/s1. The molecule has 0 bridgehead atoms. The fraction of sp³-hybridized carbons (Fsp3) is 0.400. The van der Waals surface area contributed by atoms with Crippen LogP contribution >= 0.6 is 11.8 Å². The van der Waals surface area contributed by atoms with Gasteiger partial charge in [0.25, 0.3) is 0 Å². The summed E-state index contributed by atoms with van der Waals surface area (Å²) in [6.45, 7) is 2.17. The molecule has 0 aromatic heterocycles. The molecule has 0 radical (unpaired) electrons. The molecule has 0 unspecified atom stereocenters. The molecule has 0 amide bonds. The van der Waals surface area contributed by atoms with E-state index in [0.717, 1.165) is 13.1 Å². The number of piperidine rings is 1. The highest BCUT2D eigenvalue weighted by Crippen LogP contribution is 2.30. The van der Waals surface area contributed by atoms with Gasteiger partial charge in [0.2, 0.25) is 0 Å². The molecule has 0 aliphatic carbocycles. The maximum absolute atomic E-state index is 13.3. The molecule has 4 nitrogen and oxygen atoms in total. The molecule has 1 fully saturated rings. The van der Waals surface area contributed by atoms with Gasteiger partial charge in [-0.3, -0.25) is 4.90 Å². The number of hydrogen-bond donors (Lipinski definition) is 1. The Hall–Kier alpha value is -1.76. The summed E-state index contributed by atoms with van der Waals surface area (Å²) in [7, 11) is 1.48. The maximum atomic E-state index is 13.3. The van der Waals surface area contributed by atoms with Crippen LogP contribution in [0.5, 0.6) is 11.5 Å². The fourth-order valence-corrected chi connectivity index (χ4v) is 3.67. The van der Waals surface area contributed by atoms with E-state index in [1.165, 1.54) is 29.7 Å². The summed E-state index contributed by atoms with van der Waals surface area (Å²) in [4.78, 5) is 3.47. The Bertz CT molecular complexity index is 743. The van der Waals surface area contributed by atoms with Gasteiger partial charge in [-0.15, -0.1) is 11.8 Å². The molecular formula is C20H24FNO3S. The van der Waals surface area contributed by atoms with E-state index in [0.29, 0.717) is 24.5 Å². The van der Waals surface area contributed by atoms with Crippen molar-refractivity contribution in [2.75, 3.05) is 26.5 Å². The normalized spacial score (nSPS) is 20.8. The first kappa shape index (κ1) is 19.0. The number of aliphatic hydroxyl groups is 1. The highest BCUT2D eigenvalue weighted by Gasteiger charge is 2.30. The first-order chi connectivity index (χ1) is 12.6. The summed E-state index contributed by atoms with van der Waals surface area (Å²) in [6.07, 6.45) is 1.82. The Labute approximate surface area is 157 Å². The number of halogens is 1. The second-order valence-electron chi connectivity index (χ2n) is 6.39. The second kappa shape index (κ2) is 8.75. The third-order valence-electron chi connectivity index (χ3n) is 4.55. The average molecular weight is 377 g/mol. The summed E-state index contributed by atoms with van der Waals surface area (Å²) in [5.74, 6) is 0.421. The van der Waals surface area contributed by atoms with Crippen LogP contribution in [0.4, 0.5) is 4.39 Å². The fourth-order valence-electron chi connectivity index (χ4n) is 3.19. The highest BCUT2D eigenvalue weighted by atomic mass is 32.2. The van der Waals surface area contributed by atoms with E-state index in [-0.39, 0.29) is 11.9 Å². The molecule has 1 heterocycles. The van der Waals surface area contributed by atoms with Crippen LogP contribution in [0.2, 0.25) is 0 Å². The minimum atomic E-state index is -0.609. The van der Waals surface area contributed by atoms with Gasteiger partial charge in [-0.05, 0) is 42.5 Å². The molecule has 1 N–H and O–H groups in total. The Morgan fingerprint density at radius 2 is 2.08 bits per heavy atom. The first-order valence-corrected chi connectivity index (χ1v) is 9.85. The summed E-state index contributed by atoms with van der Waals surface area (Å²) in [5.41, 5.74) is 1.24. The number of thioether (sulfide) groups is 1. The van der Waals surface area contributed by atoms with E-state index in [1.54, 1.807) is 17.8 Å². The van der Waals surface area contributed by atoms with Crippen LogP contribution in [0.3, 0.4) is 0 Å². The van der Waals surface area contributed by atoms with Gasteiger partial charge >= 0.3 is 0 Å². The van der Waals surface area contributed by atoms with Crippen LogP contribution in [0.15, 0.2) is 47.4 Å². The molecule has 2 atom stereocenters. The van der Waals surface area contributed by atoms with Crippen molar-refractivity contribution in [1.29, 1.82) is 0 Å². The van der Waals surface area contributed by atoms with Crippen LogP contribution in [-0.2, 0) is 6.54 Å². The number of hydrogen-bond acceptors (Lipinski definition) is 5. The number of aliphatic hydroxyl groups excluding tert-OH is 1. The van der Waals surface area contributed by atoms with Gasteiger partial charge in [-0.2, -0.15) is 0 Å². The Morgan fingerprint density at radius 3 is 2.81 bits per heavy atom. The summed E-state index contributed by atoms with van der Waals surface area (Å²) in [5, 5.41) is 10.5. The quantitative estimate of drug-likeness (QED) is 0.780. The lowest BCUT2D eigenvalue weighted by Gasteiger charge is -2.36. The zero-order valence-corrected chi connectivity index (χ0v) is 15.8. The lowest BCUT2D eigenvalue weighted by Crippen LogP contribution is -2.48. The second-order valence-corrected chi connectivity index (χ2v) is 7.27. The van der Waals surface area contributed by atoms with Crippen LogP contribution < -0.4 is 9.47 Å². The van der Waals surface area contributed by atoms with Crippen LogP contribution in [0, 0.1) is 5.82 Å². The van der Waals surface area contributed by atoms with Crippen LogP contribution in [0.25, 0.3) is 0 Å². The van der Waals surface area contributed by atoms with Gasteiger partial charge in [0.05, 0.1) is 7.11 Å². The Morgan fingerprint density at radius 1 is 1.23 bits per heavy atom. The van der Waals surface area contributed by atoms with Gasteiger partial charge < -0.3 is 14.6 Å². The van der Waals surface area contributed by atoms with Gasteiger partial charge in [0, 0.05) is 30.6 Å². The van der Waals surface area contributed by atoms with Gasteiger partial charge in [0.1, 0.15) is 18.0 Å². The molecule has 1 aliphatic rings. The van der Waals surface area contributed by atoms with Crippen molar-refractivity contribution in [3.05, 3.63) is 53.8 Å². The van der Waals surface area contributed by atoms with E-state index in [9.17, 15) is 9.50 Å². The molecule has 26 heavy (non-hydrogen) atoms. The monoisotopic (exact) mass is 377 g/mol. The third kappa shape index (κ3) is 4.69. The smallest absolute Gasteiger partial charge is 0.163 e. The van der Waals surface area contributed by atoms with Crippen molar-refractivity contribution in [3.63, 3.8) is 0 Å². The van der Waals surface area contributed by atoms with Crippen molar-refractivity contribution in [2.24, 2.45) is 0 Å². The molecule has 0 spiro atoms. The number of benzene rings is 2. The third-order valence-corrected chi connectivity index (χ3v) is 5.27. The summed E-state index contributed by atoms with van der Waals surface area (Å²) < 4.78 is 24.4. The molecule has 3 rings (SSSR count). The van der Waals surface area contributed by atoms with Gasteiger partial charge in [-0.25, -0.2) is 4.39 Å². The van der Waals surface area contributed by atoms with Crippen molar-refractivity contribution in [1.82, 2.24) is 4.90 Å². The lowest BCUT2D eigenvalue weighted by atomic mass is 10.0. The van der Waals surface area contributed by atoms with E-state index in [1.807, 2.05) is 0 Å². The number of rotatable bonds is 6. The molecular weight excluding hydrogens is 353 g/mol. The molecule has 2 aromatic carbocycles. The molecule has 1 saturated heterocycles. The number of nitrogens with zero attached hydrogens (tertiary/aromatic N) is 1.